The zero-order valence-corrected chi connectivity index (χ0v) is 19.5. The summed E-state index contributed by atoms with van der Waals surface area (Å²) in [4.78, 5) is 2.19. The molecule has 1 aliphatic heterocycles. The largest absolute Gasteiger partial charge is 0.496 e. The highest BCUT2D eigenvalue weighted by Crippen LogP contribution is 2.36. The Hall–Kier alpha value is -3.55. The monoisotopic (exact) mass is 443 g/mol. The summed E-state index contributed by atoms with van der Waals surface area (Å²) in [5, 5.41) is 0. The molecule has 0 aliphatic carbocycles. The first-order valence-electron chi connectivity index (χ1n) is 10.1. The maximum Gasteiger partial charge on any atom is 0.218 e. The van der Waals surface area contributed by atoms with Crippen molar-refractivity contribution in [2.45, 2.75) is 13.1 Å². The SMILES string of the molecule is COc1cc(OC)c(OC)cc1CN1C=CC=[N+](Cc2cc(OC)c(OC)cc2OC)C1. The van der Waals surface area contributed by atoms with Gasteiger partial charge in [-0.1, -0.05) is 0 Å². The fraction of sp³-hybridized carbons (Fsp3) is 0.375. The average molecular weight is 444 g/mol. The highest BCUT2D eigenvalue weighted by atomic mass is 16.5. The van der Waals surface area contributed by atoms with Gasteiger partial charge >= 0.3 is 0 Å². The van der Waals surface area contributed by atoms with Gasteiger partial charge in [0.15, 0.2) is 35.8 Å². The van der Waals surface area contributed by atoms with Crippen molar-refractivity contribution in [3.63, 3.8) is 0 Å². The lowest BCUT2D eigenvalue weighted by atomic mass is 10.1. The third-order valence-electron chi connectivity index (χ3n) is 5.28. The molecule has 172 valence electrons. The fourth-order valence-corrected chi connectivity index (χ4v) is 3.68. The normalized spacial score (nSPS) is 12.8. The summed E-state index contributed by atoms with van der Waals surface area (Å²) in [5.74, 6) is 4.11. The molecule has 2 aromatic rings. The third-order valence-corrected chi connectivity index (χ3v) is 5.28. The van der Waals surface area contributed by atoms with Gasteiger partial charge in [0, 0.05) is 30.0 Å². The van der Waals surface area contributed by atoms with Crippen LogP contribution in [0.25, 0.3) is 0 Å². The van der Waals surface area contributed by atoms with Crippen molar-refractivity contribution in [2.24, 2.45) is 0 Å². The molecule has 0 N–H and O–H groups in total. The van der Waals surface area contributed by atoms with Gasteiger partial charge in [0.25, 0.3) is 0 Å². The zero-order chi connectivity index (χ0) is 23.1. The van der Waals surface area contributed by atoms with E-state index in [0.29, 0.717) is 42.8 Å². The summed E-state index contributed by atoms with van der Waals surface area (Å²) < 4.78 is 35.0. The smallest absolute Gasteiger partial charge is 0.218 e. The number of hydrogen-bond donors (Lipinski definition) is 0. The number of ether oxygens (including phenoxy) is 6. The second-order valence-electron chi connectivity index (χ2n) is 7.16. The van der Waals surface area contributed by atoms with Gasteiger partial charge in [-0.25, -0.2) is 4.58 Å². The van der Waals surface area contributed by atoms with Crippen LogP contribution in [-0.4, -0.2) is 65.0 Å². The third kappa shape index (κ3) is 5.01. The molecule has 0 bridgehead atoms. The molecule has 0 aromatic heterocycles. The molecule has 8 nitrogen and oxygen atoms in total. The minimum absolute atomic E-state index is 0.637. The molecule has 0 atom stereocenters. The first kappa shape index (κ1) is 23.1. The van der Waals surface area contributed by atoms with Crippen LogP contribution in [-0.2, 0) is 13.1 Å². The Bertz CT molecular complexity index is 1000. The van der Waals surface area contributed by atoms with Crippen LogP contribution in [0.2, 0.25) is 0 Å². The Morgan fingerprint density at radius 1 is 0.656 bits per heavy atom. The van der Waals surface area contributed by atoms with E-state index in [2.05, 4.69) is 21.9 Å². The van der Waals surface area contributed by atoms with Gasteiger partial charge in [0.2, 0.25) is 6.67 Å². The number of nitrogens with zero attached hydrogens (tertiary/aromatic N) is 2. The fourth-order valence-electron chi connectivity index (χ4n) is 3.68. The van der Waals surface area contributed by atoms with E-state index in [1.807, 2.05) is 30.3 Å². The number of hydrogen-bond acceptors (Lipinski definition) is 7. The van der Waals surface area contributed by atoms with Gasteiger partial charge in [-0.3, -0.25) is 0 Å². The molecule has 0 fully saturated rings. The topological polar surface area (TPSA) is 61.6 Å². The predicted octanol–water partition coefficient (Wildman–Crippen LogP) is 3.31. The standard InChI is InChI=1S/C24H31N2O6/c1-27-19-12-23(31-5)21(29-3)10-17(19)14-25-8-7-9-26(16-25)15-18-11-22(30-4)24(32-6)13-20(18)28-2/h7-13H,14-16H2,1-6H3/q+1. The van der Waals surface area contributed by atoms with Crippen molar-refractivity contribution in [1.82, 2.24) is 4.90 Å². The molecule has 0 unspecified atom stereocenters. The second kappa shape index (κ2) is 10.7. The molecule has 3 rings (SSSR count). The lowest BCUT2D eigenvalue weighted by Crippen LogP contribution is -2.31. The Morgan fingerprint density at radius 2 is 1.12 bits per heavy atom. The van der Waals surface area contributed by atoms with Gasteiger partial charge in [-0.2, -0.15) is 0 Å². The summed E-state index contributed by atoms with van der Waals surface area (Å²) in [7, 11) is 9.78. The maximum absolute atomic E-state index is 5.58. The van der Waals surface area contributed by atoms with Crippen molar-refractivity contribution in [1.29, 1.82) is 0 Å². The molecule has 32 heavy (non-hydrogen) atoms. The minimum Gasteiger partial charge on any atom is -0.496 e. The highest BCUT2D eigenvalue weighted by molar-refractivity contribution is 5.66. The van der Waals surface area contributed by atoms with Gasteiger partial charge in [0.1, 0.15) is 11.5 Å². The maximum atomic E-state index is 5.58. The number of methoxy groups -OCH3 is 6. The van der Waals surface area contributed by atoms with Gasteiger partial charge < -0.3 is 33.3 Å². The Morgan fingerprint density at radius 3 is 1.66 bits per heavy atom. The molecule has 0 amide bonds. The molecular weight excluding hydrogens is 412 g/mol. The van der Waals surface area contributed by atoms with Crippen LogP contribution in [0, 0.1) is 0 Å². The Kier molecular flexibility index (Phi) is 7.70. The zero-order valence-electron chi connectivity index (χ0n) is 19.5. The number of benzene rings is 2. The van der Waals surface area contributed by atoms with Crippen molar-refractivity contribution >= 4 is 6.21 Å². The van der Waals surface area contributed by atoms with Crippen LogP contribution >= 0.6 is 0 Å². The van der Waals surface area contributed by atoms with Crippen molar-refractivity contribution in [3.8, 4) is 34.5 Å². The van der Waals surface area contributed by atoms with E-state index < -0.39 is 0 Å². The van der Waals surface area contributed by atoms with E-state index in [1.165, 1.54) is 0 Å². The van der Waals surface area contributed by atoms with Crippen LogP contribution in [0.5, 0.6) is 34.5 Å². The van der Waals surface area contributed by atoms with Crippen LogP contribution in [0.3, 0.4) is 0 Å². The lowest BCUT2D eigenvalue weighted by molar-refractivity contribution is -0.559. The van der Waals surface area contributed by atoms with E-state index in [9.17, 15) is 0 Å². The van der Waals surface area contributed by atoms with Crippen molar-refractivity contribution < 1.29 is 33.0 Å². The lowest BCUT2D eigenvalue weighted by Gasteiger charge is -2.23. The minimum atomic E-state index is 0.637. The number of allylic oxidation sites excluding steroid dienone is 1. The first-order valence-corrected chi connectivity index (χ1v) is 10.1. The summed E-state index contributed by atoms with van der Waals surface area (Å²) >= 11 is 0. The van der Waals surface area contributed by atoms with Gasteiger partial charge in [0.05, 0.1) is 54.8 Å². The van der Waals surface area contributed by atoms with Gasteiger partial charge in [-0.05, 0) is 12.1 Å². The molecule has 1 heterocycles. The van der Waals surface area contributed by atoms with E-state index >= 15 is 0 Å². The van der Waals surface area contributed by atoms with E-state index in [-0.39, 0.29) is 0 Å². The second-order valence-corrected chi connectivity index (χ2v) is 7.16. The summed E-state index contributed by atoms with van der Waals surface area (Å²) in [6, 6.07) is 7.59. The Balaban J connectivity index is 1.79. The molecule has 0 saturated carbocycles. The highest BCUT2D eigenvalue weighted by Gasteiger charge is 2.21. The molecule has 0 radical (unpaired) electrons. The number of rotatable bonds is 10. The van der Waals surface area contributed by atoms with Crippen molar-refractivity contribution in [2.75, 3.05) is 49.3 Å². The van der Waals surface area contributed by atoms with Crippen LogP contribution in [0.1, 0.15) is 11.1 Å². The van der Waals surface area contributed by atoms with E-state index in [0.717, 1.165) is 22.6 Å². The molecule has 2 aromatic carbocycles. The van der Waals surface area contributed by atoms with Crippen LogP contribution in [0.4, 0.5) is 0 Å². The molecule has 8 heteroatoms. The molecule has 1 aliphatic rings. The van der Waals surface area contributed by atoms with Crippen LogP contribution < -0.4 is 28.4 Å². The first-order chi connectivity index (χ1) is 15.6. The van der Waals surface area contributed by atoms with Gasteiger partial charge in [-0.15, -0.1) is 0 Å². The molecule has 0 spiro atoms. The van der Waals surface area contributed by atoms with E-state index in [1.54, 1.807) is 42.7 Å². The van der Waals surface area contributed by atoms with E-state index in [4.69, 9.17) is 28.4 Å². The summed E-state index contributed by atoms with van der Waals surface area (Å²) in [6.45, 7) is 1.98. The predicted molar refractivity (Wildman–Crippen MR) is 122 cm³/mol. The quantitative estimate of drug-likeness (QED) is 0.522. The van der Waals surface area contributed by atoms with Crippen molar-refractivity contribution in [3.05, 3.63) is 47.7 Å². The average Bonchev–Trinajstić information content (AvgIpc) is 2.83. The molecule has 0 saturated heterocycles. The summed E-state index contributed by atoms with van der Waals surface area (Å²) in [6.07, 6.45) is 6.13. The van der Waals surface area contributed by atoms with Crippen LogP contribution in [0.15, 0.2) is 36.5 Å². The summed E-state index contributed by atoms with van der Waals surface area (Å²) in [5.41, 5.74) is 2.00. The molecular formula is C24H31N2O6+. The Labute approximate surface area is 189 Å².